The fourth-order valence-corrected chi connectivity index (χ4v) is 3.90. The maximum Gasteiger partial charge on any atom is 0.273 e. The third kappa shape index (κ3) is 3.76. The Morgan fingerprint density at radius 2 is 2.12 bits per heavy atom. The fourth-order valence-electron chi connectivity index (χ4n) is 3.90. The van der Waals surface area contributed by atoms with E-state index in [4.69, 9.17) is 0 Å². The van der Waals surface area contributed by atoms with E-state index in [1.807, 2.05) is 24.4 Å². The summed E-state index contributed by atoms with van der Waals surface area (Å²) in [6.07, 6.45) is 7.96. The summed E-state index contributed by atoms with van der Waals surface area (Å²) in [5.74, 6) is -0.199. The maximum atomic E-state index is 14.0. The number of nitrogens with one attached hydrogen (secondary N) is 2. The molecule has 0 bridgehead atoms. The Morgan fingerprint density at radius 1 is 1.22 bits per heavy atom. The summed E-state index contributed by atoms with van der Waals surface area (Å²) in [7, 11) is 0. The van der Waals surface area contributed by atoms with Gasteiger partial charge < -0.3 is 5.32 Å². The number of carbonyl (C=O) groups excluding carboxylic acids is 1. The Kier molecular flexibility index (Phi) is 5.20. The number of aromatic nitrogens is 4. The van der Waals surface area contributed by atoms with Gasteiger partial charge in [-0.3, -0.25) is 19.9 Å². The molecule has 1 amide bonds. The van der Waals surface area contributed by atoms with Crippen LogP contribution in [0.5, 0.6) is 0 Å². The van der Waals surface area contributed by atoms with Crippen LogP contribution >= 0.6 is 0 Å². The smallest absolute Gasteiger partial charge is 0.273 e. The minimum Gasteiger partial charge on any atom is -0.313 e. The van der Waals surface area contributed by atoms with E-state index in [2.05, 4.69) is 31.8 Å². The average molecular weight is 428 g/mol. The lowest BCUT2D eigenvalue weighted by Crippen LogP contribution is -2.23. The highest BCUT2D eigenvalue weighted by atomic mass is 19.1. The molecule has 1 aliphatic rings. The van der Waals surface area contributed by atoms with Crippen LogP contribution < -0.4 is 10.7 Å². The number of aryl methyl sites for hydroxylation is 1. The predicted molar refractivity (Wildman–Crippen MR) is 121 cm³/mol. The van der Waals surface area contributed by atoms with Crippen molar-refractivity contribution in [3.8, 4) is 11.5 Å². The number of rotatable bonds is 4. The number of benzene rings is 1. The summed E-state index contributed by atoms with van der Waals surface area (Å²) in [5, 5.41) is 4.04. The molecule has 4 aromatic rings. The second kappa shape index (κ2) is 8.32. The van der Waals surface area contributed by atoms with Gasteiger partial charge in [-0.05, 0) is 55.8 Å². The van der Waals surface area contributed by atoms with E-state index in [-0.39, 0.29) is 11.7 Å². The van der Waals surface area contributed by atoms with E-state index in [9.17, 15) is 9.18 Å². The normalized spacial score (nSPS) is 13.8. The van der Waals surface area contributed by atoms with Crippen molar-refractivity contribution in [1.29, 1.82) is 0 Å². The molecule has 0 aliphatic carbocycles. The zero-order valence-corrected chi connectivity index (χ0v) is 17.5. The topological polar surface area (TPSA) is 84.7 Å². The SMILES string of the molecule is Cc1nc(-c2ccccn2)ncc1C(=O)Nn1cc(C2=CCNCC2)c2cc(F)ccc21. The van der Waals surface area contributed by atoms with Crippen LogP contribution in [0.4, 0.5) is 4.39 Å². The Balaban J connectivity index is 1.48. The van der Waals surface area contributed by atoms with Crippen LogP contribution in [0.1, 0.15) is 28.0 Å². The first kappa shape index (κ1) is 20.0. The summed E-state index contributed by atoms with van der Waals surface area (Å²) >= 11 is 0. The molecule has 160 valence electrons. The average Bonchev–Trinajstić information content (AvgIpc) is 3.17. The van der Waals surface area contributed by atoms with Crippen LogP contribution in [0.3, 0.4) is 0 Å². The minimum atomic E-state index is -0.345. The van der Waals surface area contributed by atoms with E-state index in [0.717, 1.165) is 41.5 Å². The van der Waals surface area contributed by atoms with Gasteiger partial charge in [-0.25, -0.2) is 14.4 Å². The van der Waals surface area contributed by atoms with Crippen molar-refractivity contribution in [2.75, 3.05) is 18.5 Å². The van der Waals surface area contributed by atoms with Gasteiger partial charge in [-0.2, -0.15) is 0 Å². The van der Waals surface area contributed by atoms with Crippen molar-refractivity contribution >= 4 is 22.4 Å². The molecule has 0 fully saturated rings. The maximum absolute atomic E-state index is 14.0. The highest BCUT2D eigenvalue weighted by Crippen LogP contribution is 2.30. The molecule has 0 atom stereocenters. The van der Waals surface area contributed by atoms with Crippen LogP contribution in [0, 0.1) is 12.7 Å². The molecule has 0 saturated heterocycles. The number of hydrogen-bond donors (Lipinski definition) is 2. The van der Waals surface area contributed by atoms with Gasteiger partial charge in [0.15, 0.2) is 5.82 Å². The van der Waals surface area contributed by atoms with Crippen LogP contribution in [-0.2, 0) is 0 Å². The quantitative estimate of drug-likeness (QED) is 0.518. The summed E-state index contributed by atoms with van der Waals surface area (Å²) < 4.78 is 15.6. The summed E-state index contributed by atoms with van der Waals surface area (Å²) in [5.41, 5.74) is 7.21. The predicted octanol–water partition coefficient (Wildman–Crippen LogP) is 3.70. The number of carbonyl (C=O) groups is 1. The molecule has 0 radical (unpaired) electrons. The summed E-state index contributed by atoms with van der Waals surface area (Å²) in [4.78, 5) is 26.1. The monoisotopic (exact) mass is 428 g/mol. The standard InChI is InChI=1S/C24H21FN6O/c1-15-19(13-28-23(29-15)21-4-2-3-9-27-21)24(32)30-31-14-20(16-7-10-26-11-8-16)18-12-17(25)5-6-22(18)31/h2-7,9,12-14,26H,8,10-11H2,1H3,(H,30,32). The number of halogens is 1. The molecule has 0 spiro atoms. The third-order valence-corrected chi connectivity index (χ3v) is 5.52. The van der Waals surface area contributed by atoms with Gasteiger partial charge in [-0.1, -0.05) is 12.1 Å². The van der Waals surface area contributed by atoms with E-state index in [1.54, 1.807) is 23.9 Å². The van der Waals surface area contributed by atoms with E-state index in [0.29, 0.717) is 22.8 Å². The molecule has 4 heterocycles. The Morgan fingerprint density at radius 3 is 2.88 bits per heavy atom. The largest absolute Gasteiger partial charge is 0.313 e. The van der Waals surface area contributed by atoms with Crippen LogP contribution in [0.25, 0.3) is 28.0 Å². The minimum absolute atomic E-state index is 0.313. The molecule has 2 N–H and O–H groups in total. The fraction of sp³-hybridized carbons (Fsp3) is 0.167. The molecule has 8 heteroatoms. The summed E-state index contributed by atoms with van der Waals surface area (Å²) in [6.45, 7) is 3.39. The second-order valence-corrected chi connectivity index (χ2v) is 7.61. The number of amides is 1. The first-order chi connectivity index (χ1) is 15.6. The van der Waals surface area contributed by atoms with Gasteiger partial charge in [0, 0.05) is 36.1 Å². The molecule has 1 aromatic carbocycles. The van der Waals surface area contributed by atoms with Gasteiger partial charge >= 0.3 is 0 Å². The first-order valence-corrected chi connectivity index (χ1v) is 10.4. The lowest BCUT2D eigenvalue weighted by molar-refractivity contribution is 0.101. The van der Waals surface area contributed by atoms with Gasteiger partial charge in [0.2, 0.25) is 0 Å². The number of nitrogens with zero attached hydrogens (tertiary/aromatic N) is 4. The van der Waals surface area contributed by atoms with Crippen molar-refractivity contribution in [2.24, 2.45) is 0 Å². The molecule has 1 aliphatic heterocycles. The first-order valence-electron chi connectivity index (χ1n) is 10.4. The van der Waals surface area contributed by atoms with Crippen molar-refractivity contribution < 1.29 is 9.18 Å². The Bertz CT molecular complexity index is 1350. The summed E-state index contributed by atoms with van der Waals surface area (Å²) in [6, 6.07) is 10.1. The number of fused-ring (bicyclic) bond motifs is 1. The van der Waals surface area contributed by atoms with Crippen molar-refractivity contribution in [3.05, 3.63) is 83.7 Å². The molecule has 3 aromatic heterocycles. The van der Waals surface area contributed by atoms with E-state index in [1.165, 1.54) is 18.3 Å². The lowest BCUT2D eigenvalue weighted by Gasteiger charge is -2.13. The molecular weight excluding hydrogens is 407 g/mol. The van der Waals surface area contributed by atoms with Gasteiger partial charge in [0.1, 0.15) is 11.5 Å². The van der Waals surface area contributed by atoms with Gasteiger partial charge in [-0.15, -0.1) is 0 Å². The van der Waals surface area contributed by atoms with Gasteiger partial charge in [0.05, 0.1) is 16.8 Å². The van der Waals surface area contributed by atoms with Crippen LogP contribution in [0.15, 0.2) is 61.1 Å². The molecule has 0 saturated carbocycles. The molecule has 32 heavy (non-hydrogen) atoms. The highest BCUT2D eigenvalue weighted by molar-refractivity contribution is 6.02. The Hall–Kier alpha value is -3.91. The van der Waals surface area contributed by atoms with Crippen LogP contribution in [0.2, 0.25) is 0 Å². The Labute approximate surface area is 184 Å². The third-order valence-electron chi connectivity index (χ3n) is 5.52. The van der Waals surface area contributed by atoms with Crippen molar-refractivity contribution in [2.45, 2.75) is 13.3 Å². The van der Waals surface area contributed by atoms with Crippen molar-refractivity contribution in [1.82, 2.24) is 24.9 Å². The second-order valence-electron chi connectivity index (χ2n) is 7.61. The van der Waals surface area contributed by atoms with Crippen molar-refractivity contribution in [3.63, 3.8) is 0 Å². The molecule has 0 unspecified atom stereocenters. The van der Waals surface area contributed by atoms with E-state index < -0.39 is 0 Å². The van der Waals surface area contributed by atoms with Gasteiger partial charge in [0.25, 0.3) is 5.91 Å². The lowest BCUT2D eigenvalue weighted by atomic mass is 10.00. The van der Waals surface area contributed by atoms with E-state index >= 15 is 0 Å². The highest BCUT2D eigenvalue weighted by Gasteiger charge is 2.18. The number of pyridine rings is 1. The zero-order valence-electron chi connectivity index (χ0n) is 17.5. The number of hydrogen-bond acceptors (Lipinski definition) is 5. The molecule has 7 nitrogen and oxygen atoms in total. The molecule has 5 rings (SSSR count). The zero-order chi connectivity index (χ0) is 22.1. The molecular formula is C24H21FN6O. The van der Waals surface area contributed by atoms with Crippen LogP contribution in [-0.4, -0.2) is 38.6 Å².